The fraction of sp³-hybridized carbons (Fsp3) is 0. The van der Waals surface area contributed by atoms with Crippen molar-refractivity contribution >= 4 is 55.6 Å². The van der Waals surface area contributed by atoms with Crippen molar-refractivity contribution in [3.8, 4) is 50.2 Å². The molecule has 0 N–H and O–H groups in total. The first-order valence-corrected chi connectivity index (χ1v) is 20.5. The van der Waals surface area contributed by atoms with Gasteiger partial charge in [0.15, 0.2) is 7.14 Å². The van der Waals surface area contributed by atoms with Crippen molar-refractivity contribution in [3.05, 3.63) is 206 Å². The largest absolute Gasteiger partial charge is 0.309 e. The second-order valence-electron chi connectivity index (χ2n) is 14.5. The summed E-state index contributed by atoms with van der Waals surface area (Å²) in [5, 5.41) is 7.19. The highest BCUT2D eigenvalue weighted by atomic mass is 31.2. The lowest BCUT2D eigenvalue weighted by Gasteiger charge is -2.17. The molecular weight excluding hydrogens is 686 g/mol. The molecule has 1 aromatic heterocycles. The molecule has 0 bridgehead atoms. The topological polar surface area (TPSA) is 22.0 Å². The Morgan fingerprint density at radius 2 is 0.836 bits per heavy atom. The van der Waals surface area contributed by atoms with Gasteiger partial charge in [-0.3, -0.25) is 0 Å². The molecule has 2 nitrogen and oxygen atoms in total. The number of para-hydroxylation sites is 1. The van der Waals surface area contributed by atoms with Gasteiger partial charge < -0.3 is 9.13 Å². The first kappa shape index (κ1) is 31.8. The molecule has 11 rings (SSSR count). The Balaban J connectivity index is 1.18. The molecule has 9 aromatic carbocycles. The van der Waals surface area contributed by atoms with E-state index in [1.807, 2.05) is 30.3 Å². The molecule has 1 unspecified atom stereocenters. The first-order valence-electron chi connectivity index (χ1n) is 18.8. The number of aromatic nitrogens is 1. The fourth-order valence-corrected chi connectivity index (χ4v) is 11.8. The van der Waals surface area contributed by atoms with Crippen LogP contribution >= 0.6 is 7.14 Å². The van der Waals surface area contributed by atoms with Crippen molar-refractivity contribution in [1.82, 2.24) is 4.57 Å². The molecular formula is C52H34NOP. The van der Waals surface area contributed by atoms with Crippen LogP contribution in [-0.2, 0) is 4.57 Å². The van der Waals surface area contributed by atoms with Gasteiger partial charge >= 0.3 is 0 Å². The lowest BCUT2D eigenvalue weighted by molar-refractivity contribution is 0.593. The third-order valence-electron chi connectivity index (χ3n) is 11.4. The Hall–Kier alpha value is -6.73. The van der Waals surface area contributed by atoms with Crippen LogP contribution in [0.1, 0.15) is 0 Å². The van der Waals surface area contributed by atoms with E-state index in [9.17, 15) is 0 Å². The van der Waals surface area contributed by atoms with Gasteiger partial charge in [0.05, 0.1) is 11.0 Å². The van der Waals surface area contributed by atoms with E-state index in [2.05, 4.69) is 180 Å². The molecule has 0 aliphatic carbocycles. The summed E-state index contributed by atoms with van der Waals surface area (Å²) in [6, 6.07) is 73.1. The second kappa shape index (κ2) is 12.4. The molecule has 1 atom stereocenters. The SMILES string of the molecule is O=P1(c2ccccc2)c2cc3ccccc3cc2-c2cc3c(cc21)c1ccccc1n3-c1cc(-c2ccccc2)cc(-c2ccc(-c3ccccc3)cc2)c1. The van der Waals surface area contributed by atoms with E-state index in [0.29, 0.717) is 0 Å². The molecule has 0 radical (unpaired) electrons. The van der Waals surface area contributed by atoms with Crippen LogP contribution in [0.15, 0.2) is 206 Å². The van der Waals surface area contributed by atoms with Crippen LogP contribution in [0.3, 0.4) is 0 Å². The summed E-state index contributed by atoms with van der Waals surface area (Å²) in [7, 11) is -3.18. The predicted octanol–water partition coefficient (Wildman–Crippen LogP) is 12.6. The average Bonchev–Trinajstić information content (AvgIpc) is 3.71. The van der Waals surface area contributed by atoms with Gasteiger partial charge in [-0.25, -0.2) is 0 Å². The lowest BCUT2D eigenvalue weighted by atomic mass is 9.96. The van der Waals surface area contributed by atoms with Crippen LogP contribution in [0.2, 0.25) is 0 Å². The van der Waals surface area contributed by atoms with Crippen molar-refractivity contribution in [3.63, 3.8) is 0 Å². The number of benzene rings is 9. The van der Waals surface area contributed by atoms with Gasteiger partial charge in [-0.2, -0.15) is 0 Å². The van der Waals surface area contributed by atoms with Crippen LogP contribution in [0, 0.1) is 0 Å². The molecule has 0 fully saturated rings. The molecule has 10 aromatic rings. The highest BCUT2D eigenvalue weighted by Crippen LogP contribution is 2.54. The molecule has 55 heavy (non-hydrogen) atoms. The summed E-state index contributed by atoms with van der Waals surface area (Å²) < 4.78 is 18.3. The van der Waals surface area contributed by atoms with Gasteiger partial charge in [-0.1, -0.05) is 158 Å². The van der Waals surface area contributed by atoms with Gasteiger partial charge in [0, 0.05) is 32.4 Å². The normalized spacial score (nSPS) is 14.7. The molecule has 258 valence electrons. The van der Waals surface area contributed by atoms with Crippen molar-refractivity contribution < 1.29 is 4.57 Å². The second-order valence-corrected chi connectivity index (χ2v) is 17.2. The highest BCUT2D eigenvalue weighted by molar-refractivity contribution is 7.86. The Morgan fingerprint density at radius 3 is 1.51 bits per heavy atom. The van der Waals surface area contributed by atoms with E-state index in [1.165, 1.54) is 11.1 Å². The van der Waals surface area contributed by atoms with Gasteiger partial charge in [-0.05, 0) is 104 Å². The Labute approximate surface area is 320 Å². The predicted molar refractivity (Wildman–Crippen MR) is 233 cm³/mol. The summed E-state index contributed by atoms with van der Waals surface area (Å²) in [6.07, 6.45) is 0. The molecule has 3 heteroatoms. The van der Waals surface area contributed by atoms with Gasteiger partial charge in [0.25, 0.3) is 0 Å². The molecule has 2 heterocycles. The van der Waals surface area contributed by atoms with E-state index < -0.39 is 7.14 Å². The summed E-state index contributed by atoms with van der Waals surface area (Å²) in [5.74, 6) is 0. The Kier molecular flexibility index (Phi) is 7.17. The molecule has 0 spiro atoms. The van der Waals surface area contributed by atoms with Crippen LogP contribution < -0.4 is 15.9 Å². The maximum Gasteiger partial charge on any atom is 0.172 e. The van der Waals surface area contributed by atoms with E-state index in [-0.39, 0.29) is 0 Å². The fourth-order valence-electron chi connectivity index (χ4n) is 8.70. The number of hydrogen-bond donors (Lipinski definition) is 0. The van der Waals surface area contributed by atoms with Crippen molar-refractivity contribution in [2.24, 2.45) is 0 Å². The number of rotatable bonds is 5. The van der Waals surface area contributed by atoms with Crippen LogP contribution in [0.5, 0.6) is 0 Å². The quantitative estimate of drug-likeness (QED) is 0.162. The summed E-state index contributed by atoms with van der Waals surface area (Å²) in [5.41, 5.74) is 12.4. The van der Waals surface area contributed by atoms with Crippen LogP contribution in [-0.4, -0.2) is 4.57 Å². The average molecular weight is 720 g/mol. The van der Waals surface area contributed by atoms with E-state index in [4.69, 9.17) is 0 Å². The van der Waals surface area contributed by atoms with Crippen LogP contribution in [0.4, 0.5) is 0 Å². The number of hydrogen-bond acceptors (Lipinski definition) is 1. The maximum atomic E-state index is 15.9. The van der Waals surface area contributed by atoms with Gasteiger partial charge in [0.2, 0.25) is 0 Å². The summed E-state index contributed by atoms with van der Waals surface area (Å²) in [4.78, 5) is 0. The van der Waals surface area contributed by atoms with E-state index >= 15 is 4.57 Å². The zero-order valence-electron chi connectivity index (χ0n) is 29.9. The minimum absolute atomic E-state index is 0.867. The maximum absolute atomic E-state index is 15.9. The van der Waals surface area contributed by atoms with Gasteiger partial charge in [0.1, 0.15) is 0 Å². The van der Waals surface area contributed by atoms with Crippen molar-refractivity contribution in [1.29, 1.82) is 0 Å². The molecule has 0 saturated carbocycles. The Morgan fingerprint density at radius 1 is 0.345 bits per heavy atom. The van der Waals surface area contributed by atoms with E-state index in [1.54, 1.807) is 0 Å². The number of nitrogens with zero attached hydrogens (tertiary/aromatic N) is 1. The standard InChI is InChI=1S/C52H34NOP/c54-55(44-20-8-3-9-21-44)51-32-40-19-11-10-18-39(40)31-47(51)48-33-50-46(34-52(48)55)45-22-12-13-23-49(45)53(50)43-29-41(36-16-6-2-7-17-36)28-42(30-43)38-26-24-37(25-27-38)35-14-4-1-5-15-35/h1-34H. The molecule has 1 aliphatic rings. The van der Waals surface area contributed by atoms with Crippen molar-refractivity contribution in [2.45, 2.75) is 0 Å². The van der Waals surface area contributed by atoms with Gasteiger partial charge in [-0.15, -0.1) is 0 Å². The zero-order chi connectivity index (χ0) is 36.5. The minimum atomic E-state index is -3.18. The zero-order valence-corrected chi connectivity index (χ0v) is 30.8. The third kappa shape index (κ3) is 4.99. The third-order valence-corrected chi connectivity index (χ3v) is 14.5. The lowest BCUT2D eigenvalue weighted by Crippen LogP contribution is -2.20. The van der Waals surface area contributed by atoms with E-state index in [0.717, 1.165) is 87.6 Å². The molecule has 1 aliphatic heterocycles. The smallest absolute Gasteiger partial charge is 0.172 e. The van der Waals surface area contributed by atoms with Crippen molar-refractivity contribution in [2.75, 3.05) is 0 Å². The number of fused-ring (bicyclic) bond motifs is 7. The monoisotopic (exact) mass is 719 g/mol. The minimum Gasteiger partial charge on any atom is -0.309 e. The molecule has 0 saturated heterocycles. The Bertz CT molecular complexity index is 3150. The molecule has 0 amide bonds. The van der Waals surface area contributed by atoms with Crippen LogP contribution in [0.25, 0.3) is 82.8 Å². The highest BCUT2D eigenvalue weighted by Gasteiger charge is 2.41. The first-order chi connectivity index (χ1) is 27.1. The summed E-state index contributed by atoms with van der Waals surface area (Å²) in [6.45, 7) is 0. The summed E-state index contributed by atoms with van der Waals surface area (Å²) >= 11 is 0.